The molecule has 2 heterocycles. The van der Waals surface area contributed by atoms with Crippen LogP contribution in [0.5, 0.6) is 0 Å². The molecule has 3 aromatic rings. The van der Waals surface area contributed by atoms with E-state index in [1.165, 1.54) is 23.3 Å². The first-order valence-corrected chi connectivity index (χ1v) is 7.60. The molecular formula is C15H12BrF2N5. The summed E-state index contributed by atoms with van der Waals surface area (Å²) in [5, 5.41) is 4.21. The third-order valence-corrected chi connectivity index (χ3v) is 4.08. The first-order chi connectivity index (χ1) is 11.0. The summed E-state index contributed by atoms with van der Waals surface area (Å²) in [5.41, 5.74) is 2.17. The summed E-state index contributed by atoms with van der Waals surface area (Å²) in [7, 11) is 0. The van der Waals surface area contributed by atoms with Crippen molar-refractivity contribution in [1.29, 1.82) is 0 Å². The van der Waals surface area contributed by atoms with Gasteiger partial charge in [-0.2, -0.15) is 5.10 Å². The Hall–Kier alpha value is -2.22. The lowest BCUT2D eigenvalue weighted by molar-refractivity contribution is 0.122. The lowest BCUT2D eigenvalue weighted by atomic mass is 10.1. The number of aryl methyl sites for hydroxylation is 1. The second kappa shape index (κ2) is 6.49. The minimum atomic E-state index is -2.54. The van der Waals surface area contributed by atoms with Gasteiger partial charge >= 0.3 is 0 Å². The topological polar surface area (TPSA) is 56.5 Å². The van der Waals surface area contributed by atoms with Crippen LogP contribution in [0.15, 0.2) is 41.3 Å². The van der Waals surface area contributed by atoms with E-state index in [1.807, 2.05) is 25.1 Å². The molecule has 0 radical (unpaired) electrons. The molecule has 0 N–H and O–H groups in total. The largest absolute Gasteiger partial charge is 0.261 e. The van der Waals surface area contributed by atoms with Gasteiger partial charge in [-0.1, -0.05) is 15.9 Å². The number of nitrogens with zero attached hydrogens (tertiary/aromatic N) is 5. The molecule has 3 rings (SSSR count). The molecule has 23 heavy (non-hydrogen) atoms. The molecule has 118 valence electrons. The standard InChI is InChI=1S/C15H12BrF2N5/c1-9-6-10(2-3-11(9)16)14-21-15(12-7-19-4-5-20-12)23(22-14)8-13(17)18/h2-7,13H,8H2,1H3. The minimum absolute atomic E-state index is 0.272. The van der Waals surface area contributed by atoms with Crippen molar-refractivity contribution in [3.05, 3.63) is 46.8 Å². The highest BCUT2D eigenvalue weighted by atomic mass is 79.9. The summed E-state index contributed by atoms with van der Waals surface area (Å²) < 4.78 is 27.8. The average Bonchev–Trinajstić information content (AvgIpc) is 2.94. The van der Waals surface area contributed by atoms with Gasteiger partial charge in [-0.25, -0.2) is 23.4 Å². The first kappa shape index (κ1) is 15.7. The predicted molar refractivity (Wildman–Crippen MR) is 84.9 cm³/mol. The van der Waals surface area contributed by atoms with Gasteiger partial charge in [-0.05, 0) is 30.7 Å². The Balaban J connectivity index is 2.09. The van der Waals surface area contributed by atoms with Crippen molar-refractivity contribution in [1.82, 2.24) is 24.7 Å². The zero-order chi connectivity index (χ0) is 16.4. The fourth-order valence-electron chi connectivity index (χ4n) is 2.11. The van der Waals surface area contributed by atoms with Gasteiger partial charge in [0.1, 0.15) is 12.2 Å². The van der Waals surface area contributed by atoms with Crippen molar-refractivity contribution in [2.24, 2.45) is 0 Å². The molecule has 0 unspecified atom stereocenters. The summed E-state index contributed by atoms with van der Waals surface area (Å²) in [6.45, 7) is 1.39. The maximum Gasteiger partial charge on any atom is 0.258 e. The van der Waals surface area contributed by atoms with E-state index in [0.717, 1.165) is 15.6 Å². The van der Waals surface area contributed by atoms with Crippen molar-refractivity contribution in [3.8, 4) is 22.9 Å². The van der Waals surface area contributed by atoms with E-state index in [1.54, 1.807) is 0 Å². The average molecular weight is 380 g/mol. The number of halogens is 3. The quantitative estimate of drug-likeness (QED) is 0.692. The fraction of sp³-hybridized carbons (Fsp3) is 0.200. The lowest BCUT2D eigenvalue weighted by Crippen LogP contribution is -2.10. The predicted octanol–water partition coefficient (Wildman–Crippen LogP) is 3.74. The van der Waals surface area contributed by atoms with Crippen LogP contribution in [0.1, 0.15) is 5.56 Å². The number of hydrogen-bond acceptors (Lipinski definition) is 4. The van der Waals surface area contributed by atoms with Crippen LogP contribution in [-0.4, -0.2) is 31.2 Å². The Labute approximate surface area is 139 Å². The summed E-state index contributed by atoms with van der Waals surface area (Å²) >= 11 is 3.43. The van der Waals surface area contributed by atoms with E-state index >= 15 is 0 Å². The minimum Gasteiger partial charge on any atom is -0.261 e. The second-order valence-electron chi connectivity index (χ2n) is 4.89. The Kier molecular flexibility index (Phi) is 4.42. The number of rotatable bonds is 4. The Morgan fingerprint density at radius 3 is 2.74 bits per heavy atom. The van der Waals surface area contributed by atoms with E-state index in [9.17, 15) is 8.78 Å². The maximum absolute atomic E-state index is 12.8. The monoisotopic (exact) mass is 379 g/mol. The lowest BCUT2D eigenvalue weighted by Gasteiger charge is -2.03. The van der Waals surface area contributed by atoms with E-state index in [2.05, 4.69) is 36.0 Å². The number of benzene rings is 1. The van der Waals surface area contributed by atoms with Crippen molar-refractivity contribution >= 4 is 15.9 Å². The first-order valence-electron chi connectivity index (χ1n) is 6.80. The Bertz CT molecular complexity index is 820. The van der Waals surface area contributed by atoms with Gasteiger partial charge in [0.15, 0.2) is 11.6 Å². The highest BCUT2D eigenvalue weighted by Crippen LogP contribution is 2.25. The van der Waals surface area contributed by atoms with Crippen molar-refractivity contribution in [3.63, 3.8) is 0 Å². The van der Waals surface area contributed by atoms with Gasteiger partial charge in [0.05, 0.1) is 6.20 Å². The number of aromatic nitrogens is 5. The third kappa shape index (κ3) is 3.42. The normalized spacial score (nSPS) is 11.2. The van der Waals surface area contributed by atoms with Crippen LogP contribution in [0, 0.1) is 6.92 Å². The third-order valence-electron chi connectivity index (χ3n) is 3.19. The molecule has 0 saturated heterocycles. The molecule has 0 atom stereocenters. The van der Waals surface area contributed by atoms with Crippen LogP contribution in [0.3, 0.4) is 0 Å². The van der Waals surface area contributed by atoms with Gasteiger partial charge in [-0.3, -0.25) is 4.98 Å². The molecule has 8 heteroatoms. The van der Waals surface area contributed by atoms with E-state index in [4.69, 9.17) is 0 Å². The smallest absolute Gasteiger partial charge is 0.258 e. The van der Waals surface area contributed by atoms with Crippen LogP contribution in [0.25, 0.3) is 22.9 Å². The van der Waals surface area contributed by atoms with Gasteiger partial charge in [0, 0.05) is 22.4 Å². The molecular weight excluding hydrogens is 368 g/mol. The Morgan fingerprint density at radius 2 is 2.09 bits per heavy atom. The van der Waals surface area contributed by atoms with E-state index in [0.29, 0.717) is 11.5 Å². The summed E-state index contributed by atoms with van der Waals surface area (Å²) in [6.07, 6.45) is 1.94. The summed E-state index contributed by atoms with van der Waals surface area (Å²) in [6, 6.07) is 5.60. The van der Waals surface area contributed by atoms with Gasteiger partial charge < -0.3 is 0 Å². The molecule has 1 aromatic carbocycles. The highest BCUT2D eigenvalue weighted by Gasteiger charge is 2.17. The van der Waals surface area contributed by atoms with Gasteiger partial charge in [0.2, 0.25) is 0 Å². The molecule has 0 fully saturated rings. The van der Waals surface area contributed by atoms with Gasteiger partial charge in [-0.15, -0.1) is 0 Å². The molecule has 0 amide bonds. The number of alkyl halides is 2. The zero-order valence-corrected chi connectivity index (χ0v) is 13.7. The molecule has 0 spiro atoms. The van der Waals surface area contributed by atoms with Gasteiger partial charge in [0.25, 0.3) is 6.43 Å². The van der Waals surface area contributed by atoms with E-state index < -0.39 is 13.0 Å². The Morgan fingerprint density at radius 1 is 1.26 bits per heavy atom. The maximum atomic E-state index is 12.8. The van der Waals surface area contributed by atoms with Crippen LogP contribution in [0.2, 0.25) is 0 Å². The molecule has 0 aliphatic rings. The van der Waals surface area contributed by atoms with Crippen molar-refractivity contribution in [2.75, 3.05) is 0 Å². The molecule has 0 aliphatic heterocycles. The summed E-state index contributed by atoms with van der Waals surface area (Å²) in [4.78, 5) is 12.4. The fourth-order valence-corrected chi connectivity index (χ4v) is 2.36. The van der Waals surface area contributed by atoms with Crippen molar-refractivity contribution in [2.45, 2.75) is 19.9 Å². The van der Waals surface area contributed by atoms with Crippen LogP contribution in [-0.2, 0) is 6.54 Å². The zero-order valence-electron chi connectivity index (χ0n) is 12.1. The highest BCUT2D eigenvalue weighted by molar-refractivity contribution is 9.10. The van der Waals surface area contributed by atoms with Crippen LogP contribution in [0.4, 0.5) is 8.78 Å². The molecule has 5 nitrogen and oxygen atoms in total. The van der Waals surface area contributed by atoms with E-state index in [-0.39, 0.29) is 5.82 Å². The van der Waals surface area contributed by atoms with Crippen LogP contribution >= 0.6 is 15.9 Å². The molecule has 0 bridgehead atoms. The molecule has 2 aromatic heterocycles. The molecule has 0 aliphatic carbocycles. The van der Waals surface area contributed by atoms with Crippen molar-refractivity contribution < 1.29 is 8.78 Å². The summed E-state index contributed by atoms with van der Waals surface area (Å²) in [5.74, 6) is 0.649. The SMILES string of the molecule is Cc1cc(-c2nc(-c3cnccn3)n(CC(F)F)n2)ccc1Br. The van der Waals surface area contributed by atoms with Crippen LogP contribution < -0.4 is 0 Å². The molecule has 0 saturated carbocycles. The second-order valence-corrected chi connectivity index (χ2v) is 5.74. The number of hydrogen-bond donors (Lipinski definition) is 0.